The number of hydrogen-bond donors (Lipinski definition) is 0. The first kappa shape index (κ1) is 21.1. The standard InChI is InChI=1S/C20H43N5/c1-18(2)25-10-8-20(17-25)22(6)9-7-19(3)24-15-13-23(14-16-24)12-11-21(4)5/h18-20H,7-17H2,1-6H3/t19?,20-/m1/s1. The molecule has 0 aromatic carbocycles. The third-order valence-electron chi connectivity index (χ3n) is 6.34. The number of piperazine rings is 1. The third kappa shape index (κ3) is 6.79. The molecule has 0 spiro atoms. The first-order valence-corrected chi connectivity index (χ1v) is 10.4. The summed E-state index contributed by atoms with van der Waals surface area (Å²) in [7, 11) is 6.67. The highest BCUT2D eigenvalue weighted by Crippen LogP contribution is 2.18. The first-order chi connectivity index (χ1) is 11.9. The fraction of sp³-hybridized carbons (Fsp3) is 1.00. The first-order valence-electron chi connectivity index (χ1n) is 10.4. The van der Waals surface area contributed by atoms with Crippen LogP contribution in [-0.2, 0) is 0 Å². The zero-order valence-electron chi connectivity index (χ0n) is 17.7. The van der Waals surface area contributed by atoms with Gasteiger partial charge in [0.2, 0.25) is 0 Å². The van der Waals surface area contributed by atoms with Gasteiger partial charge >= 0.3 is 0 Å². The van der Waals surface area contributed by atoms with Crippen molar-refractivity contribution in [1.82, 2.24) is 24.5 Å². The van der Waals surface area contributed by atoms with Crippen LogP contribution in [0.2, 0.25) is 0 Å². The van der Waals surface area contributed by atoms with E-state index in [0.29, 0.717) is 12.1 Å². The molecule has 0 bridgehead atoms. The van der Waals surface area contributed by atoms with Crippen LogP contribution in [0.1, 0.15) is 33.6 Å². The Morgan fingerprint density at radius 2 is 1.56 bits per heavy atom. The maximum absolute atomic E-state index is 2.70. The van der Waals surface area contributed by atoms with Gasteiger partial charge in [-0.3, -0.25) is 14.7 Å². The molecule has 2 atom stereocenters. The Bertz CT molecular complexity index is 365. The van der Waals surface area contributed by atoms with E-state index < -0.39 is 0 Å². The lowest BCUT2D eigenvalue weighted by Crippen LogP contribution is -2.51. The zero-order valence-corrected chi connectivity index (χ0v) is 17.7. The minimum Gasteiger partial charge on any atom is -0.308 e. The van der Waals surface area contributed by atoms with Crippen LogP contribution in [0.3, 0.4) is 0 Å². The van der Waals surface area contributed by atoms with Crippen molar-refractivity contribution in [2.24, 2.45) is 0 Å². The van der Waals surface area contributed by atoms with Crippen molar-refractivity contribution < 1.29 is 0 Å². The molecule has 25 heavy (non-hydrogen) atoms. The Kier molecular flexibility index (Phi) is 8.62. The molecule has 0 radical (unpaired) electrons. The lowest BCUT2D eigenvalue weighted by molar-refractivity contribution is 0.0877. The molecule has 1 unspecified atom stereocenters. The van der Waals surface area contributed by atoms with E-state index in [4.69, 9.17) is 0 Å². The lowest BCUT2D eigenvalue weighted by Gasteiger charge is -2.39. The van der Waals surface area contributed by atoms with Crippen LogP contribution in [0.25, 0.3) is 0 Å². The van der Waals surface area contributed by atoms with Gasteiger partial charge in [-0.25, -0.2) is 0 Å². The molecular weight excluding hydrogens is 310 g/mol. The summed E-state index contributed by atoms with van der Waals surface area (Å²) < 4.78 is 0. The summed E-state index contributed by atoms with van der Waals surface area (Å²) in [6.07, 6.45) is 2.64. The van der Waals surface area contributed by atoms with Crippen molar-refractivity contribution in [1.29, 1.82) is 0 Å². The highest BCUT2D eigenvalue weighted by molar-refractivity contribution is 4.84. The molecule has 0 aromatic heterocycles. The average molecular weight is 354 g/mol. The highest BCUT2D eigenvalue weighted by atomic mass is 15.3. The van der Waals surface area contributed by atoms with Crippen molar-refractivity contribution in [2.45, 2.75) is 51.7 Å². The molecule has 0 aliphatic carbocycles. The molecule has 2 aliphatic heterocycles. The molecule has 2 fully saturated rings. The Morgan fingerprint density at radius 1 is 0.880 bits per heavy atom. The van der Waals surface area contributed by atoms with Gasteiger partial charge in [0, 0.05) is 70.5 Å². The average Bonchev–Trinajstić information content (AvgIpc) is 3.08. The van der Waals surface area contributed by atoms with Gasteiger partial charge in [-0.1, -0.05) is 0 Å². The van der Waals surface area contributed by atoms with Crippen LogP contribution in [0.15, 0.2) is 0 Å². The van der Waals surface area contributed by atoms with Gasteiger partial charge in [-0.05, 0) is 61.3 Å². The van der Waals surface area contributed by atoms with Crippen LogP contribution in [0.4, 0.5) is 0 Å². The van der Waals surface area contributed by atoms with E-state index in [9.17, 15) is 0 Å². The van der Waals surface area contributed by atoms with Gasteiger partial charge < -0.3 is 9.80 Å². The molecule has 148 valence electrons. The molecule has 0 saturated carbocycles. The van der Waals surface area contributed by atoms with Gasteiger partial charge in [-0.15, -0.1) is 0 Å². The second-order valence-electron chi connectivity index (χ2n) is 8.83. The van der Waals surface area contributed by atoms with Crippen LogP contribution in [0.5, 0.6) is 0 Å². The fourth-order valence-electron chi connectivity index (χ4n) is 4.12. The Balaban J connectivity index is 1.63. The van der Waals surface area contributed by atoms with E-state index in [1.54, 1.807) is 0 Å². The van der Waals surface area contributed by atoms with Gasteiger partial charge in [-0.2, -0.15) is 0 Å². The van der Waals surface area contributed by atoms with Crippen molar-refractivity contribution in [3.63, 3.8) is 0 Å². The summed E-state index contributed by atoms with van der Waals surface area (Å²) in [5.41, 5.74) is 0. The Morgan fingerprint density at radius 3 is 2.12 bits per heavy atom. The molecule has 5 heteroatoms. The molecule has 2 rings (SSSR count). The number of likely N-dealkylation sites (N-methyl/N-ethyl adjacent to an activating group) is 2. The summed E-state index contributed by atoms with van der Waals surface area (Å²) in [6.45, 7) is 18.2. The number of likely N-dealkylation sites (tertiary alicyclic amines) is 1. The van der Waals surface area contributed by atoms with Crippen molar-refractivity contribution in [2.75, 3.05) is 80.0 Å². The van der Waals surface area contributed by atoms with E-state index in [0.717, 1.165) is 6.04 Å². The SMILES string of the molecule is CC(C)N1CC[C@@H](N(C)CCC(C)N2CCN(CCN(C)C)CC2)C1. The van der Waals surface area contributed by atoms with Crippen molar-refractivity contribution in [3.05, 3.63) is 0 Å². The molecule has 2 aliphatic rings. The number of nitrogens with zero attached hydrogens (tertiary/aromatic N) is 5. The minimum atomic E-state index is 0.695. The fourth-order valence-corrected chi connectivity index (χ4v) is 4.12. The monoisotopic (exact) mass is 353 g/mol. The largest absolute Gasteiger partial charge is 0.308 e. The second kappa shape index (κ2) is 10.2. The lowest BCUT2D eigenvalue weighted by atomic mass is 10.1. The van der Waals surface area contributed by atoms with E-state index >= 15 is 0 Å². The molecule has 0 aromatic rings. The van der Waals surface area contributed by atoms with Gasteiger partial charge in [0.1, 0.15) is 0 Å². The Labute approximate surface area is 156 Å². The predicted octanol–water partition coefficient (Wildman–Crippen LogP) is 1.36. The molecule has 2 saturated heterocycles. The van der Waals surface area contributed by atoms with Crippen molar-refractivity contribution in [3.8, 4) is 0 Å². The maximum atomic E-state index is 2.70. The minimum absolute atomic E-state index is 0.695. The van der Waals surface area contributed by atoms with Crippen LogP contribution < -0.4 is 0 Å². The summed E-state index contributed by atoms with van der Waals surface area (Å²) in [5, 5.41) is 0. The van der Waals surface area contributed by atoms with Crippen LogP contribution in [-0.4, -0.2) is 123 Å². The van der Waals surface area contributed by atoms with E-state index in [2.05, 4.69) is 66.4 Å². The van der Waals surface area contributed by atoms with E-state index in [1.807, 2.05) is 0 Å². The molecule has 5 nitrogen and oxygen atoms in total. The van der Waals surface area contributed by atoms with E-state index in [-0.39, 0.29) is 0 Å². The third-order valence-corrected chi connectivity index (χ3v) is 6.34. The highest BCUT2D eigenvalue weighted by Gasteiger charge is 2.27. The Hall–Kier alpha value is -0.200. The van der Waals surface area contributed by atoms with Crippen LogP contribution in [0, 0.1) is 0 Å². The molecule has 0 N–H and O–H groups in total. The van der Waals surface area contributed by atoms with Gasteiger partial charge in [0.05, 0.1) is 0 Å². The molecule has 2 heterocycles. The number of hydrogen-bond acceptors (Lipinski definition) is 5. The summed E-state index contributed by atoms with van der Waals surface area (Å²) in [6, 6.07) is 2.17. The van der Waals surface area contributed by atoms with Gasteiger partial charge in [0.15, 0.2) is 0 Å². The van der Waals surface area contributed by atoms with Gasteiger partial charge in [0.25, 0.3) is 0 Å². The normalized spacial score (nSPS) is 25.6. The smallest absolute Gasteiger partial charge is 0.0232 e. The summed E-state index contributed by atoms with van der Waals surface area (Å²) >= 11 is 0. The quantitative estimate of drug-likeness (QED) is 0.620. The predicted molar refractivity (Wildman–Crippen MR) is 108 cm³/mol. The zero-order chi connectivity index (χ0) is 18.4. The maximum Gasteiger partial charge on any atom is 0.0232 e. The summed E-state index contributed by atoms with van der Waals surface area (Å²) in [4.78, 5) is 12.8. The van der Waals surface area contributed by atoms with Crippen molar-refractivity contribution >= 4 is 0 Å². The summed E-state index contributed by atoms with van der Waals surface area (Å²) in [5.74, 6) is 0. The molecular formula is C20H43N5. The van der Waals surface area contributed by atoms with Crippen LogP contribution >= 0.6 is 0 Å². The molecule has 0 amide bonds. The topological polar surface area (TPSA) is 16.2 Å². The van der Waals surface area contributed by atoms with E-state index in [1.165, 1.54) is 71.7 Å². The second-order valence-corrected chi connectivity index (χ2v) is 8.83. The number of rotatable bonds is 9.